The van der Waals surface area contributed by atoms with Crippen LogP contribution in [0, 0.1) is 14.1 Å². The Morgan fingerprint density at radius 3 is 2.36 bits per heavy atom. The van der Waals surface area contributed by atoms with Crippen LogP contribution in [0.25, 0.3) is 10.9 Å². The number of para-hydroxylation sites is 1. The molecule has 130 valence electrons. The van der Waals surface area contributed by atoms with Crippen LogP contribution < -0.4 is 9.47 Å². The molecule has 0 aliphatic carbocycles. The number of methoxy groups -OCH3 is 1. The van der Waals surface area contributed by atoms with Crippen LogP contribution in [0.3, 0.4) is 0 Å². The molecule has 1 heterocycles. The van der Waals surface area contributed by atoms with Gasteiger partial charge in [-0.05, 0) is 81.9 Å². The number of carbonyl (C=O) groups is 1. The number of hydrogen-bond acceptors (Lipinski definition) is 3. The van der Waals surface area contributed by atoms with Gasteiger partial charge >= 0.3 is 5.97 Å². The number of benzene rings is 2. The second-order valence-corrected chi connectivity index (χ2v) is 8.03. The number of halogens is 2. The van der Waals surface area contributed by atoms with Gasteiger partial charge in [-0.3, -0.25) is 4.79 Å². The molecule has 1 aromatic heterocycles. The fourth-order valence-corrected chi connectivity index (χ4v) is 5.29. The Morgan fingerprint density at radius 2 is 1.76 bits per heavy atom. The number of ether oxygens (including phenoxy) is 2. The van der Waals surface area contributed by atoms with Crippen LogP contribution in [0.15, 0.2) is 36.4 Å². The summed E-state index contributed by atoms with van der Waals surface area (Å²) in [4.78, 5) is 11.5. The van der Waals surface area contributed by atoms with E-state index in [1.165, 1.54) is 12.5 Å². The maximum absolute atomic E-state index is 11.5. The van der Waals surface area contributed by atoms with Crippen LogP contribution >= 0.6 is 45.2 Å². The highest BCUT2D eigenvalue weighted by molar-refractivity contribution is 14.1. The van der Waals surface area contributed by atoms with Crippen LogP contribution in [0.2, 0.25) is 0 Å². The maximum Gasteiger partial charge on any atom is 0.308 e. The summed E-state index contributed by atoms with van der Waals surface area (Å²) in [7, 11) is 1.69. The van der Waals surface area contributed by atoms with Crippen LogP contribution in [-0.2, 0) is 11.3 Å². The van der Waals surface area contributed by atoms with Gasteiger partial charge in [0.2, 0.25) is 0 Å². The van der Waals surface area contributed by atoms with E-state index in [4.69, 9.17) is 9.47 Å². The minimum absolute atomic E-state index is 0.306. The fourth-order valence-electron chi connectivity index (χ4n) is 2.96. The topological polar surface area (TPSA) is 40.5 Å². The third-order valence-electron chi connectivity index (χ3n) is 4.02. The minimum atomic E-state index is -0.306. The molecular weight excluding hydrogens is 544 g/mol. The van der Waals surface area contributed by atoms with Crippen molar-refractivity contribution in [3.63, 3.8) is 0 Å². The van der Waals surface area contributed by atoms with Gasteiger partial charge in [0, 0.05) is 18.9 Å². The zero-order valence-electron chi connectivity index (χ0n) is 14.1. The van der Waals surface area contributed by atoms with Gasteiger partial charge in [-0.1, -0.05) is 12.1 Å². The molecule has 25 heavy (non-hydrogen) atoms. The van der Waals surface area contributed by atoms with E-state index in [1.807, 2.05) is 25.1 Å². The van der Waals surface area contributed by atoms with Crippen molar-refractivity contribution in [1.82, 2.24) is 4.57 Å². The van der Waals surface area contributed by atoms with Crippen LogP contribution in [0.5, 0.6) is 11.5 Å². The number of rotatable bonds is 4. The predicted molar refractivity (Wildman–Crippen MR) is 116 cm³/mol. The number of nitrogens with zero attached hydrogens (tertiary/aromatic N) is 1. The molecular formula is C19H17I2NO3. The van der Waals surface area contributed by atoms with E-state index in [2.05, 4.69) is 67.9 Å². The summed E-state index contributed by atoms with van der Waals surface area (Å²) in [5.41, 5.74) is 3.17. The molecule has 3 aromatic rings. The maximum atomic E-state index is 11.5. The molecule has 0 aliphatic rings. The van der Waals surface area contributed by atoms with Crippen molar-refractivity contribution < 1.29 is 14.3 Å². The monoisotopic (exact) mass is 561 g/mol. The van der Waals surface area contributed by atoms with Crippen molar-refractivity contribution >= 4 is 62.1 Å². The van der Waals surface area contributed by atoms with Crippen molar-refractivity contribution in [3.8, 4) is 11.5 Å². The largest absolute Gasteiger partial charge is 0.495 e. The first-order valence-electron chi connectivity index (χ1n) is 7.70. The molecule has 3 rings (SSSR count). The average Bonchev–Trinajstić information content (AvgIpc) is 2.80. The first-order chi connectivity index (χ1) is 11.9. The molecule has 0 radical (unpaired) electrons. The molecule has 0 fully saturated rings. The average molecular weight is 561 g/mol. The van der Waals surface area contributed by atoms with Crippen LogP contribution in [-0.4, -0.2) is 17.6 Å². The lowest BCUT2D eigenvalue weighted by molar-refractivity contribution is -0.131. The minimum Gasteiger partial charge on any atom is -0.495 e. The first-order valence-corrected chi connectivity index (χ1v) is 9.86. The van der Waals surface area contributed by atoms with Crippen LogP contribution in [0.4, 0.5) is 0 Å². The number of esters is 1. The molecule has 2 aromatic carbocycles. The lowest BCUT2D eigenvalue weighted by Crippen LogP contribution is -2.05. The highest BCUT2D eigenvalue weighted by Gasteiger charge is 2.17. The van der Waals surface area contributed by atoms with Gasteiger partial charge in [-0.15, -0.1) is 0 Å². The number of fused-ring (bicyclic) bond motifs is 1. The van der Waals surface area contributed by atoms with Gasteiger partial charge < -0.3 is 14.0 Å². The summed E-state index contributed by atoms with van der Waals surface area (Å²) >= 11 is 4.59. The molecule has 0 unspecified atom stereocenters. The zero-order chi connectivity index (χ0) is 18.1. The standard InChI is InChI=1S/C19H17I2NO3/c1-11-18(25-12(2)23)14-6-4-5-7-17(14)22(11)10-13-8-15(20)19(24-3)16(21)9-13/h4-9H,10H2,1-3H3. The molecule has 4 nitrogen and oxygen atoms in total. The van der Waals surface area contributed by atoms with Gasteiger partial charge in [0.05, 0.1) is 25.5 Å². The number of hydrogen-bond donors (Lipinski definition) is 0. The lowest BCUT2D eigenvalue weighted by atomic mass is 10.2. The van der Waals surface area contributed by atoms with Gasteiger partial charge in [0.25, 0.3) is 0 Å². The molecule has 0 N–H and O–H groups in total. The van der Waals surface area contributed by atoms with E-state index in [-0.39, 0.29) is 5.97 Å². The quantitative estimate of drug-likeness (QED) is 0.328. The highest BCUT2D eigenvalue weighted by Crippen LogP contribution is 2.34. The van der Waals surface area contributed by atoms with Gasteiger partial charge in [-0.25, -0.2) is 0 Å². The Hall–Kier alpha value is -1.29. The zero-order valence-corrected chi connectivity index (χ0v) is 18.4. The molecule has 0 bridgehead atoms. The summed E-state index contributed by atoms with van der Waals surface area (Å²) in [6.07, 6.45) is 0. The van der Waals surface area contributed by atoms with Gasteiger partial charge in [0.1, 0.15) is 5.75 Å². The summed E-state index contributed by atoms with van der Waals surface area (Å²) in [6, 6.07) is 12.2. The van der Waals surface area contributed by atoms with E-state index in [1.54, 1.807) is 7.11 Å². The Kier molecular flexibility index (Phi) is 5.57. The van der Waals surface area contributed by atoms with E-state index < -0.39 is 0 Å². The van der Waals surface area contributed by atoms with Crippen LogP contribution in [0.1, 0.15) is 18.2 Å². The molecule has 0 saturated heterocycles. The van der Waals surface area contributed by atoms with Crippen molar-refractivity contribution in [3.05, 3.63) is 54.8 Å². The Balaban J connectivity index is 2.11. The normalized spacial score (nSPS) is 10.9. The third-order valence-corrected chi connectivity index (χ3v) is 5.62. The van der Waals surface area contributed by atoms with Crippen molar-refractivity contribution in [2.45, 2.75) is 20.4 Å². The summed E-state index contributed by atoms with van der Waals surface area (Å²) < 4.78 is 15.3. The van der Waals surface area contributed by atoms with Crippen molar-refractivity contribution in [1.29, 1.82) is 0 Å². The van der Waals surface area contributed by atoms with Gasteiger partial charge in [-0.2, -0.15) is 0 Å². The second-order valence-electron chi connectivity index (χ2n) is 5.70. The fraction of sp³-hybridized carbons (Fsp3) is 0.211. The molecule has 0 aliphatic heterocycles. The van der Waals surface area contributed by atoms with Crippen molar-refractivity contribution in [2.24, 2.45) is 0 Å². The van der Waals surface area contributed by atoms with Gasteiger partial charge in [0.15, 0.2) is 5.75 Å². The number of carbonyl (C=O) groups excluding carboxylic acids is 1. The summed E-state index contributed by atoms with van der Waals surface area (Å²) in [5, 5.41) is 0.952. The SMILES string of the molecule is COc1c(I)cc(Cn2c(C)c(OC(C)=O)c3ccccc32)cc1I. The Bertz CT molecular complexity index is 940. The molecule has 0 saturated carbocycles. The molecule has 0 spiro atoms. The van der Waals surface area contributed by atoms with E-state index in [0.717, 1.165) is 29.5 Å². The highest BCUT2D eigenvalue weighted by atomic mass is 127. The molecule has 0 atom stereocenters. The number of aromatic nitrogens is 1. The van der Waals surface area contributed by atoms with E-state index in [9.17, 15) is 4.79 Å². The lowest BCUT2D eigenvalue weighted by Gasteiger charge is -2.12. The summed E-state index contributed by atoms with van der Waals surface area (Å²) in [5.74, 6) is 1.24. The predicted octanol–water partition coefficient (Wildman–Crippen LogP) is 5.14. The Morgan fingerprint density at radius 1 is 1.12 bits per heavy atom. The van der Waals surface area contributed by atoms with E-state index >= 15 is 0 Å². The second kappa shape index (κ2) is 7.53. The Labute approximate surface area is 173 Å². The summed E-state index contributed by atoms with van der Waals surface area (Å²) in [6.45, 7) is 4.11. The van der Waals surface area contributed by atoms with E-state index in [0.29, 0.717) is 12.3 Å². The molecule has 6 heteroatoms. The third kappa shape index (κ3) is 3.64. The smallest absolute Gasteiger partial charge is 0.308 e. The molecule has 0 amide bonds. The van der Waals surface area contributed by atoms with Crippen molar-refractivity contribution in [2.75, 3.05) is 7.11 Å². The first kappa shape index (κ1) is 18.5.